The van der Waals surface area contributed by atoms with Crippen LogP contribution in [0.1, 0.15) is 22.5 Å². The van der Waals surface area contributed by atoms with E-state index < -0.39 is 0 Å². The van der Waals surface area contributed by atoms with E-state index in [4.69, 9.17) is 0 Å². The van der Waals surface area contributed by atoms with Crippen molar-refractivity contribution in [2.75, 3.05) is 39.3 Å². The molecule has 0 aromatic carbocycles. The van der Waals surface area contributed by atoms with Gasteiger partial charge in [-0.25, -0.2) is 0 Å². The molecule has 2 aliphatic heterocycles. The summed E-state index contributed by atoms with van der Waals surface area (Å²) in [5.74, 6) is 0.472. The molecule has 2 fully saturated rings. The highest BCUT2D eigenvalue weighted by atomic mass is 32.1. The van der Waals surface area contributed by atoms with Gasteiger partial charge in [0.25, 0.3) is 5.91 Å². The molecular weight excluding hydrogens is 286 g/mol. The van der Waals surface area contributed by atoms with E-state index in [1.54, 1.807) is 0 Å². The van der Waals surface area contributed by atoms with Crippen LogP contribution in [0.4, 0.5) is 0 Å². The molecule has 3 rings (SSSR count). The van der Waals surface area contributed by atoms with Gasteiger partial charge in [0.2, 0.25) is 5.91 Å². The highest BCUT2D eigenvalue weighted by Gasteiger charge is 2.30. The summed E-state index contributed by atoms with van der Waals surface area (Å²) >= 11 is 1.47. The third-order valence-electron chi connectivity index (χ3n) is 4.26. The Balaban J connectivity index is 1.52. The predicted octanol–water partition coefficient (Wildman–Crippen LogP) is 1.03. The van der Waals surface area contributed by atoms with E-state index in [1.165, 1.54) is 11.3 Å². The van der Waals surface area contributed by atoms with Gasteiger partial charge in [0.1, 0.15) is 0 Å². The third-order valence-corrected chi connectivity index (χ3v) is 5.11. The van der Waals surface area contributed by atoms with E-state index in [0.717, 1.165) is 30.8 Å². The van der Waals surface area contributed by atoms with Gasteiger partial charge in [-0.2, -0.15) is 0 Å². The lowest BCUT2D eigenvalue weighted by Gasteiger charge is -2.37. The van der Waals surface area contributed by atoms with Gasteiger partial charge in [0.05, 0.1) is 10.8 Å². The van der Waals surface area contributed by atoms with Crippen LogP contribution < -0.4 is 5.32 Å². The minimum atomic E-state index is 0.0939. The number of thiophene rings is 1. The van der Waals surface area contributed by atoms with Crippen LogP contribution in [0.2, 0.25) is 0 Å². The number of piperazine rings is 1. The van der Waals surface area contributed by atoms with Crippen molar-refractivity contribution in [1.82, 2.24) is 15.1 Å². The van der Waals surface area contributed by atoms with Crippen LogP contribution in [0.25, 0.3) is 0 Å². The number of rotatable bonds is 2. The molecule has 3 heterocycles. The van der Waals surface area contributed by atoms with Crippen LogP contribution in [-0.2, 0) is 4.79 Å². The van der Waals surface area contributed by atoms with Gasteiger partial charge in [0, 0.05) is 32.7 Å². The molecule has 21 heavy (non-hydrogen) atoms. The highest BCUT2D eigenvalue weighted by Crippen LogP contribution is 2.17. The van der Waals surface area contributed by atoms with Gasteiger partial charge in [-0.1, -0.05) is 6.07 Å². The van der Waals surface area contributed by atoms with Gasteiger partial charge < -0.3 is 15.1 Å². The Labute approximate surface area is 128 Å². The molecule has 114 valence electrons. The largest absolute Gasteiger partial charge is 0.339 e. The van der Waals surface area contributed by atoms with Crippen molar-refractivity contribution in [1.29, 1.82) is 0 Å². The van der Waals surface area contributed by atoms with Crippen LogP contribution in [0, 0.1) is 5.92 Å². The molecule has 2 aliphatic rings. The first-order chi connectivity index (χ1) is 10.3. The van der Waals surface area contributed by atoms with Crippen molar-refractivity contribution in [2.45, 2.75) is 12.8 Å². The second-order valence-electron chi connectivity index (χ2n) is 5.64. The van der Waals surface area contributed by atoms with Gasteiger partial charge in [-0.15, -0.1) is 11.3 Å². The number of hydrogen-bond donors (Lipinski definition) is 1. The fourth-order valence-electron chi connectivity index (χ4n) is 3.01. The second kappa shape index (κ2) is 6.58. The Hall–Kier alpha value is -1.40. The van der Waals surface area contributed by atoms with Crippen molar-refractivity contribution in [3.05, 3.63) is 22.4 Å². The Bertz CT molecular complexity index is 489. The number of amides is 2. The van der Waals surface area contributed by atoms with Crippen LogP contribution in [0.5, 0.6) is 0 Å². The summed E-state index contributed by atoms with van der Waals surface area (Å²) in [6, 6.07) is 3.76. The average molecular weight is 307 g/mol. The first-order valence-electron chi connectivity index (χ1n) is 7.58. The molecule has 0 spiro atoms. The normalized spacial score (nSPS) is 23.1. The SMILES string of the molecule is O=C(c1cccs1)N1CCN(C(=O)[C@H]2CCCNC2)CC1. The van der Waals surface area contributed by atoms with Crippen molar-refractivity contribution < 1.29 is 9.59 Å². The van der Waals surface area contributed by atoms with Gasteiger partial charge >= 0.3 is 0 Å². The minimum absolute atomic E-state index is 0.0939. The second-order valence-corrected chi connectivity index (χ2v) is 6.59. The fourth-order valence-corrected chi connectivity index (χ4v) is 3.70. The fraction of sp³-hybridized carbons (Fsp3) is 0.600. The summed E-state index contributed by atoms with van der Waals surface area (Å²) in [6.45, 7) is 4.42. The minimum Gasteiger partial charge on any atom is -0.339 e. The zero-order chi connectivity index (χ0) is 14.7. The van der Waals surface area contributed by atoms with E-state index in [0.29, 0.717) is 26.2 Å². The maximum Gasteiger partial charge on any atom is 0.264 e. The molecule has 1 aromatic heterocycles. The molecule has 6 heteroatoms. The number of carbonyl (C=O) groups is 2. The molecular formula is C15H21N3O2S. The van der Waals surface area contributed by atoms with Crippen molar-refractivity contribution in [3.63, 3.8) is 0 Å². The molecule has 2 amide bonds. The zero-order valence-electron chi connectivity index (χ0n) is 12.1. The number of carbonyl (C=O) groups excluding carboxylic acids is 2. The summed E-state index contributed by atoms with van der Waals surface area (Å²) in [4.78, 5) is 29.3. The smallest absolute Gasteiger partial charge is 0.264 e. The summed E-state index contributed by atoms with van der Waals surface area (Å²) in [6.07, 6.45) is 2.06. The number of piperidine rings is 1. The average Bonchev–Trinajstić information content (AvgIpc) is 3.09. The Morgan fingerprint density at radius 1 is 1.19 bits per heavy atom. The van der Waals surface area contributed by atoms with Crippen molar-refractivity contribution in [3.8, 4) is 0 Å². The lowest BCUT2D eigenvalue weighted by molar-refractivity contribution is -0.137. The Morgan fingerprint density at radius 2 is 1.95 bits per heavy atom. The van der Waals surface area contributed by atoms with E-state index in [1.807, 2.05) is 27.3 Å². The molecule has 0 aliphatic carbocycles. The summed E-state index contributed by atoms with van der Waals surface area (Å²) < 4.78 is 0. The lowest BCUT2D eigenvalue weighted by Crippen LogP contribution is -2.53. The topological polar surface area (TPSA) is 52.7 Å². The molecule has 1 atom stereocenters. The van der Waals surface area contributed by atoms with Crippen LogP contribution in [-0.4, -0.2) is 60.9 Å². The predicted molar refractivity (Wildman–Crippen MR) is 82.4 cm³/mol. The van der Waals surface area contributed by atoms with Crippen molar-refractivity contribution in [2.24, 2.45) is 5.92 Å². The van der Waals surface area contributed by atoms with Crippen LogP contribution in [0.3, 0.4) is 0 Å². The standard InChI is InChI=1S/C15H21N3O2S/c19-14(12-3-1-5-16-11-12)17-6-8-18(9-7-17)15(20)13-4-2-10-21-13/h2,4,10,12,16H,1,3,5-9,11H2/t12-/m0/s1. The van der Waals surface area contributed by atoms with Crippen LogP contribution >= 0.6 is 11.3 Å². The summed E-state index contributed by atoms with van der Waals surface area (Å²) in [5.41, 5.74) is 0. The molecule has 0 saturated carbocycles. The molecule has 2 saturated heterocycles. The molecule has 1 N–H and O–H groups in total. The van der Waals surface area contributed by atoms with Gasteiger partial charge in [-0.3, -0.25) is 9.59 Å². The molecule has 5 nitrogen and oxygen atoms in total. The van der Waals surface area contributed by atoms with Gasteiger partial charge in [-0.05, 0) is 30.8 Å². The molecule has 1 aromatic rings. The number of nitrogens with zero attached hydrogens (tertiary/aromatic N) is 2. The van der Waals surface area contributed by atoms with Crippen molar-refractivity contribution >= 4 is 23.2 Å². The molecule has 0 radical (unpaired) electrons. The number of hydrogen-bond acceptors (Lipinski definition) is 4. The van der Waals surface area contributed by atoms with E-state index >= 15 is 0 Å². The van der Waals surface area contributed by atoms with E-state index in [-0.39, 0.29) is 17.7 Å². The summed E-state index contributed by atoms with van der Waals surface area (Å²) in [7, 11) is 0. The Morgan fingerprint density at radius 3 is 2.57 bits per heavy atom. The zero-order valence-corrected chi connectivity index (χ0v) is 12.9. The Kier molecular flexibility index (Phi) is 4.55. The van der Waals surface area contributed by atoms with E-state index in [9.17, 15) is 9.59 Å². The maximum atomic E-state index is 12.4. The first-order valence-corrected chi connectivity index (χ1v) is 8.46. The monoisotopic (exact) mass is 307 g/mol. The third kappa shape index (κ3) is 3.27. The van der Waals surface area contributed by atoms with Gasteiger partial charge in [0.15, 0.2) is 0 Å². The maximum absolute atomic E-state index is 12.4. The first kappa shape index (κ1) is 14.5. The lowest BCUT2D eigenvalue weighted by atomic mass is 9.98. The summed E-state index contributed by atoms with van der Waals surface area (Å²) in [5, 5.41) is 5.21. The van der Waals surface area contributed by atoms with E-state index in [2.05, 4.69) is 5.32 Å². The quantitative estimate of drug-likeness (QED) is 0.888. The molecule has 0 unspecified atom stereocenters. The number of nitrogens with one attached hydrogen (secondary N) is 1. The molecule has 0 bridgehead atoms. The highest BCUT2D eigenvalue weighted by molar-refractivity contribution is 7.12. The van der Waals surface area contributed by atoms with Crippen LogP contribution in [0.15, 0.2) is 17.5 Å².